The van der Waals surface area contributed by atoms with E-state index in [4.69, 9.17) is 11.6 Å². The third-order valence-corrected chi connectivity index (χ3v) is 4.25. The van der Waals surface area contributed by atoms with Gasteiger partial charge >= 0.3 is 5.97 Å². The van der Waals surface area contributed by atoms with Crippen LogP contribution in [0.5, 0.6) is 0 Å². The zero-order valence-electron chi connectivity index (χ0n) is 12.9. The number of halogens is 1. The van der Waals surface area contributed by atoms with Crippen LogP contribution in [0.4, 0.5) is 0 Å². The van der Waals surface area contributed by atoms with E-state index in [2.05, 4.69) is 10.1 Å². The van der Waals surface area contributed by atoms with Crippen LogP contribution in [0.3, 0.4) is 0 Å². The van der Waals surface area contributed by atoms with Gasteiger partial charge in [0.2, 0.25) is 0 Å². The van der Waals surface area contributed by atoms with Gasteiger partial charge in [-0.15, -0.1) is 0 Å². The second-order valence-corrected chi connectivity index (χ2v) is 5.87. The Balaban J connectivity index is 2.06. The molecule has 5 nitrogen and oxygen atoms in total. The van der Waals surface area contributed by atoms with Crippen molar-refractivity contribution < 1.29 is 9.90 Å². The van der Waals surface area contributed by atoms with Gasteiger partial charge in [-0.1, -0.05) is 35.9 Å². The van der Waals surface area contributed by atoms with Crippen molar-refractivity contribution in [3.63, 3.8) is 0 Å². The minimum Gasteiger partial charge on any atom is -0.478 e. The summed E-state index contributed by atoms with van der Waals surface area (Å²) in [6.07, 6.45) is 1.67. The number of pyridine rings is 1. The number of carboxylic acids is 1. The SMILES string of the molecule is O=C(O)c1ccc2c(-c3ccccc3Cl)nn(-c3ccccn3)c2c1. The molecule has 0 bridgehead atoms. The quantitative estimate of drug-likeness (QED) is 0.593. The molecule has 0 aliphatic carbocycles. The lowest BCUT2D eigenvalue weighted by atomic mass is 10.1. The smallest absolute Gasteiger partial charge is 0.335 e. The lowest BCUT2D eigenvalue weighted by molar-refractivity contribution is 0.0697. The van der Waals surface area contributed by atoms with Gasteiger partial charge in [0.25, 0.3) is 0 Å². The average molecular weight is 350 g/mol. The van der Waals surface area contributed by atoms with Crippen LogP contribution in [0, 0.1) is 0 Å². The van der Waals surface area contributed by atoms with Crippen LogP contribution in [0.15, 0.2) is 66.9 Å². The van der Waals surface area contributed by atoms with Crippen LogP contribution in [0.2, 0.25) is 5.02 Å². The molecule has 25 heavy (non-hydrogen) atoms. The summed E-state index contributed by atoms with van der Waals surface area (Å²) in [5, 5.41) is 15.4. The predicted molar refractivity (Wildman–Crippen MR) is 96.3 cm³/mol. The molecule has 0 atom stereocenters. The summed E-state index contributed by atoms with van der Waals surface area (Å²) in [5.41, 5.74) is 2.32. The molecule has 2 aromatic carbocycles. The number of hydrogen-bond donors (Lipinski definition) is 1. The number of nitrogens with zero attached hydrogens (tertiary/aromatic N) is 3. The van der Waals surface area contributed by atoms with Crippen molar-refractivity contribution in [2.75, 3.05) is 0 Å². The zero-order chi connectivity index (χ0) is 17.4. The van der Waals surface area contributed by atoms with Crippen LogP contribution in [-0.2, 0) is 0 Å². The minimum atomic E-state index is -0.991. The van der Waals surface area contributed by atoms with Crippen molar-refractivity contribution in [2.45, 2.75) is 0 Å². The Morgan fingerprint density at radius 3 is 2.56 bits per heavy atom. The summed E-state index contributed by atoms with van der Waals surface area (Å²) < 4.78 is 1.64. The van der Waals surface area contributed by atoms with E-state index in [0.717, 1.165) is 10.9 Å². The summed E-state index contributed by atoms with van der Waals surface area (Å²) in [5.74, 6) is -0.386. The van der Waals surface area contributed by atoms with Crippen LogP contribution in [0.25, 0.3) is 28.0 Å². The Morgan fingerprint density at radius 2 is 1.84 bits per heavy atom. The van der Waals surface area contributed by atoms with E-state index in [1.807, 2.05) is 36.4 Å². The molecule has 0 saturated carbocycles. The first-order valence-corrected chi connectivity index (χ1v) is 7.95. The van der Waals surface area contributed by atoms with Gasteiger partial charge in [-0.3, -0.25) is 0 Å². The number of carbonyl (C=O) groups is 1. The summed E-state index contributed by atoms with van der Waals surface area (Å²) >= 11 is 6.34. The van der Waals surface area contributed by atoms with Crippen LogP contribution in [-0.4, -0.2) is 25.8 Å². The third-order valence-electron chi connectivity index (χ3n) is 3.92. The molecule has 0 radical (unpaired) electrons. The van der Waals surface area contributed by atoms with Gasteiger partial charge in [-0.05, 0) is 36.4 Å². The first-order chi connectivity index (χ1) is 12.1. The fourth-order valence-electron chi connectivity index (χ4n) is 2.75. The molecule has 1 N–H and O–H groups in total. The van der Waals surface area contributed by atoms with Crippen molar-refractivity contribution in [3.05, 3.63) is 77.4 Å². The number of hydrogen-bond acceptors (Lipinski definition) is 3. The maximum absolute atomic E-state index is 11.4. The number of fused-ring (bicyclic) bond motifs is 1. The largest absolute Gasteiger partial charge is 0.478 e. The van der Waals surface area contributed by atoms with E-state index >= 15 is 0 Å². The number of carboxylic acid groups (broad SMARTS) is 1. The van der Waals surface area contributed by atoms with E-state index in [0.29, 0.717) is 22.1 Å². The highest BCUT2D eigenvalue weighted by atomic mass is 35.5. The normalized spacial score (nSPS) is 10.9. The van der Waals surface area contributed by atoms with Gasteiger partial charge in [0.05, 0.1) is 16.1 Å². The second-order valence-electron chi connectivity index (χ2n) is 5.47. The maximum atomic E-state index is 11.4. The van der Waals surface area contributed by atoms with Crippen LogP contribution >= 0.6 is 11.6 Å². The predicted octanol–water partition coefficient (Wildman–Crippen LogP) is 4.44. The van der Waals surface area contributed by atoms with Crippen molar-refractivity contribution in [3.8, 4) is 17.1 Å². The second kappa shape index (κ2) is 6.03. The Bertz CT molecular complexity index is 1090. The molecule has 0 saturated heterocycles. The highest BCUT2D eigenvalue weighted by Crippen LogP contribution is 2.34. The highest BCUT2D eigenvalue weighted by molar-refractivity contribution is 6.33. The number of rotatable bonds is 3. The Morgan fingerprint density at radius 1 is 1.04 bits per heavy atom. The van der Waals surface area contributed by atoms with Crippen LogP contribution in [0.1, 0.15) is 10.4 Å². The standard InChI is InChI=1S/C19H12ClN3O2/c20-15-6-2-1-5-13(15)18-14-9-8-12(19(24)25)11-16(14)23(22-18)17-7-3-4-10-21-17/h1-11H,(H,24,25). The van der Waals surface area contributed by atoms with Gasteiger partial charge in [0.15, 0.2) is 5.82 Å². The number of aromatic carboxylic acids is 1. The van der Waals surface area contributed by atoms with Crippen molar-refractivity contribution in [1.29, 1.82) is 0 Å². The lowest BCUT2D eigenvalue weighted by Crippen LogP contribution is -2.00. The average Bonchev–Trinajstić information content (AvgIpc) is 3.01. The Kier molecular flexibility index (Phi) is 3.71. The monoisotopic (exact) mass is 349 g/mol. The molecule has 0 unspecified atom stereocenters. The molecule has 122 valence electrons. The number of benzene rings is 2. The molecule has 2 heterocycles. The summed E-state index contributed by atoms with van der Waals surface area (Å²) in [4.78, 5) is 15.7. The van der Waals surface area contributed by atoms with E-state index in [9.17, 15) is 9.90 Å². The maximum Gasteiger partial charge on any atom is 0.335 e. The summed E-state index contributed by atoms with van der Waals surface area (Å²) in [7, 11) is 0. The van der Waals surface area contributed by atoms with Gasteiger partial charge in [0.1, 0.15) is 5.69 Å². The topological polar surface area (TPSA) is 68.0 Å². The molecule has 0 fully saturated rings. The third kappa shape index (κ3) is 2.64. The van der Waals surface area contributed by atoms with Gasteiger partial charge in [0, 0.05) is 17.1 Å². The van der Waals surface area contributed by atoms with E-state index in [1.54, 1.807) is 35.1 Å². The molecule has 0 aliphatic rings. The molecule has 0 spiro atoms. The molecule has 6 heteroatoms. The summed E-state index contributed by atoms with van der Waals surface area (Å²) in [6, 6.07) is 17.8. The van der Waals surface area contributed by atoms with Gasteiger partial charge in [-0.2, -0.15) is 5.10 Å². The lowest BCUT2D eigenvalue weighted by Gasteiger charge is -2.02. The van der Waals surface area contributed by atoms with Crippen molar-refractivity contribution >= 4 is 28.5 Å². The zero-order valence-corrected chi connectivity index (χ0v) is 13.7. The molecular formula is C19H12ClN3O2. The summed E-state index contributed by atoms with van der Waals surface area (Å²) in [6.45, 7) is 0. The fourth-order valence-corrected chi connectivity index (χ4v) is 2.98. The van der Waals surface area contributed by atoms with Gasteiger partial charge < -0.3 is 5.11 Å². The fraction of sp³-hybridized carbons (Fsp3) is 0. The minimum absolute atomic E-state index is 0.190. The molecule has 2 aromatic heterocycles. The highest BCUT2D eigenvalue weighted by Gasteiger charge is 2.17. The first kappa shape index (κ1) is 15.4. The Hall–Kier alpha value is -3.18. The van der Waals surface area contributed by atoms with E-state index in [1.165, 1.54) is 0 Å². The number of aromatic nitrogens is 3. The van der Waals surface area contributed by atoms with Crippen molar-refractivity contribution in [2.24, 2.45) is 0 Å². The molecule has 4 rings (SSSR count). The van der Waals surface area contributed by atoms with E-state index < -0.39 is 5.97 Å². The van der Waals surface area contributed by atoms with Crippen molar-refractivity contribution in [1.82, 2.24) is 14.8 Å². The Labute approximate surface area is 148 Å². The molecule has 0 aliphatic heterocycles. The van der Waals surface area contributed by atoms with Gasteiger partial charge in [-0.25, -0.2) is 14.5 Å². The molecular weight excluding hydrogens is 338 g/mol. The van der Waals surface area contributed by atoms with Crippen LogP contribution < -0.4 is 0 Å². The first-order valence-electron chi connectivity index (χ1n) is 7.57. The molecule has 0 amide bonds. The molecule has 4 aromatic rings. The van der Waals surface area contributed by atoms with E-state index in [-0.39, 0.29) is 5.56 Å².